The number of amides is 1. The van der Waals surface area contributed by atoms with Crippen LogP contribution in [0.3, 0.4) is 0 Å². The molecule has 0 aliphatic rings. The van der Waals surface area contributed by atoms with Crippen molar-refractivity contribution >= 4 is 21.8 Å². The molecule has 4 N–H and O–H groups in total. The van der Waals surface area contributed by atoms with E-state index in [2.05, 4.69) is 15.9 Å². The molecule has 0 aliphatic heterocycles. The number of carbonyl (C=O) groups is 1. The minimum Gasteiger partial charge on any atom is -0.390 e. The van der Waals surface area contributed by atoms with E-state index in [1.54, 1.807) is 0 Å². The number of rotatable bonds is 4. The first-order valence-corrected chi connectivity index (χ1v) is 5.93. The molecule has 1 aromatic carbocycles. The zero-order chi connectivity index (χ0) is 14.8. The van der Waals surface area contributed by atoms with Gasteiger partial charge in [-0.2, -0.15) is 13.2 Å². The van der Waals surface area contributed by atoms with E-state index in [1.165, 1.54) is 6.07 Å². The summed E-state index contributed by atoms with van der Waals surface area (Å²) < 4.78 is 37.8. The second kappa shape index (κ2) is 5.89. The van der Waals surface area contributed by atoms with Crippen molar-refractivity contribution < 1.29 is 28.2 Å². The second-order valence-corrected chi connectivity index (χ2v) is 4.77. The molecule has 19 heavy (non-hydrogen) atoms. The quantitative estimate of drug-likeness (QED) is 0.779. The Kier molecular flexibility index (Phi) is 4.94. The molecule has 2 atom stereocenters. The van der Waals surface area contributed by atoms with Gasteiger partial charge >= 0.3 is 6.18 Å². The van der Waals surface area contributed by atoms with Gasteiger partial charge in [0.05, 0.1) is 18.1 Å². The maximum absolute atomic E-state index is 12.7. The molecule has 2 unspecified atom stereocenters. The SMILES string of the molecule is NC(=O)CC(O)C(O)c1ccc(Br)c(C(F)(F)F)c1. The van der Waals surface area contributed by atoms with Crippen molar-refractivity contribution in [2.75, 3.05) is 0 Å². The third kappa shape index (κ3) is 4.19. The summed E-state index contributed by atoms with van der Waals surface area (Å²) in [5.41, 5.74) is 3.71. The van der Waals surface area contributed by atoms with Crippen molar-refractivity contribution in [2.45, 2.75) is 24.8 Å². The third-order valence-electron chi connectivity index (χ3n) is 2.41. The first kappa shape index (κ1) is 15.9. The Morgan fingerprint density at radius 3 is 2.42 bits per heavy atom. The first-order valence-electron chi connectivity index (χ1n) is 5.14. The van der Waals surface area contributed by atoms with E-state index < -0.39 is 36.3 Å². The first-order chi connectivity index (χ1) is 8.62. The maximum Gasteiger partial charge on any atom is 0.417 e. The van der Waals surface area contributed by atoms with Crippen LogP contribution in [0.2, 0.25) is 0 Å². The number of carbonyl (C=O) groups excluding carboxylic acids is 1. The minimum absolute atomic E-state index is 0.149. The fraction of sp³-hybridized carbons (Fsp3) is 0.364. The summed E-state index contributed by atoms with van der Waals surface area (Å²) in [6.07, 6.45) is -8.32. The van der Waals surface area contributed by atoms with Crippen LogP contribution in [-0.2, 0) is 11.0 Å². The van der Waals surface area contributed by atoms with Crippen molar-refractivity contribution in [1.82, 2.24) is 0 Å². The fourth-order valence-electron chi connectivity index (χ4n) is 1.48. The molecule has 0 fully saturated rings. The molecule has 0 spiro atoms. The van der Waals surface area contributed by atoms with Crippen LogP contribution in [0.5, 0.6) is 0 Å². The number of hydrogen-bond acceptors (Lipinski definition) is 3. The molecule has 0 aromatic heterocycles. The van der Waals surface area contributed by atoms with Gasteiger partial charge < -0.3 is 15.9 Å². The summed E-state index contributed by atoms with van der Waals surface area (Å²) in [5.74, 6) is -0.861. The van der Waals surface area contributed by atoms with Crippen molar-refractivity contribution in [3.8, 4) is 0 Å². The molecule has 0 heterocycles. The molecule has 8 heteroatoms. The van der Waals surface area contributed by atoms with Crippen molar-refractivity contribution in [2.24, 2.45) is 5.73 Å². The Morgan fingerprint density at radius 1 is 1.37 bits per heavy atom. The highest BCUT2D eigenvalue weighted by molar-refractivity contribution is 9.10. The van der Waals surface area contributed by atoms with Crippen molar-refractivity contribution in [1.29, 1.82) is 0 Å². The summed E-state index contributed by atoms with van der Waals surface area (Å²) >= 11 is 2.75. The van der Waals surface area contributed by atoms with Gasteiger partial charge in [0.15, 0.2) is 0 Å². The monoisotopic (exact) mass is 341 g/mol. The van der Waals surface area contributed by atoms with E-state index in [0.717, 1.165) is 6.07 Å². The number of hydrogen-bond donors (Lipinski definition) is 3. The highest BCUT2D eigenvalue weighted by atomic mass is 79.9. The second-order valence-electron chi connectivity index (χ2n) is 3.92. The van der Waals surface area contributed by atoms with E-state index in [-0.39, 0.29) is 10.0 Å². The average Bonchev–Trinajstić information content (AvgIpc) is 2.26. The molecule has 0 saturated heterocycles. The van der Waals surface area contributed by atoms with Gasteiger partial charge in [-0.3, -0.25) is 4.79 Å². The predicted octanol–water partition coefficient (Wildman–Crippen LogP) is 1.74. The lowest BCUT2D eigenvalue weighted by molar-refractivity contribution is -0.138. The van der Waals surface area contributed by atoms with E-state index in [1.807, 2.05) is 0 Å². The number of aliphatic hydroxyl groups is 2. The van der Waals surface area contributed by atoms with Gasteiger partial charge in [0.25, 0.3) is 0 Å². The smallest absolute Gasteiger partial charge is 0.390 e. The summed E-state index contributed by atoms with van der Waals surface area (Å²) in [6.45, 7) is 0. The lowest BCUT2D eigenvalue weighted by atomic mass is 10.00. The Morgan fingerprint density at radius 2 is 1.95 bits per heavy atom. The van der Waals surface area contributed by atoms with Crippen LogP contribution in [0.15, 0.2) is 22.7 Å². The lowest BCUT2D eigenvalue weighted by Gasteiger charge is -2.18. The van der Waals surface area contributed by atoms with Crippen LogP contribution in [0.1, 0.15) is 23.7 Å². The molecule has 106 valence electrons. The molecule has 0 saturated carbocycles. The van der Waals surface area contributed by atoms with Gasteiger partial charge in [-0.15, -0.1) is 0 Å². The van der Waals surface area contributed by atoms with Crippen molar-refractivity contribution in [3.05, 3.63) is 33.8 Å². The summed E-state index contributed by atoms with van der Waals surface area (Å²) in [5, 5.41) is 19.1. The number of alkyl halides is 3. The molecular formula is C11H11BrF3NO3. The molecule has 1 aromatic rings. The predicted molar refractivity (Wildman–Crippen MR) is 63.9 cm³/mol. The number of aliphatic hydroxyl groups excluding tert-OH is 2. The average molecular weight is 342 g/mol. The van der Waals surface area contributed by atoms with Gasteiger partial charge in [0, 0.05) is 4.47 Å². The molecule has 1 rings (SSSR count). The Balaban J connectivity index is 3.05. The molecular weight excluding hydrogens is 331 g/mol. The summed E-state index contributed by atoms with van der Waals surface area (Å²) in [6, 6.07) is 3.03. The number of benzene rings is 1. The van der Waals surface area contributed by atoms with Crippen LogP contribution < -0.4 is 5.73 Å². The van der Waals surface area contributed by atoms with Gasteiger partial charge in [-0.1, -0.05) is 22.0 Å². The fourth-order valence-corrected chi connectivity index (χ4v) is 1.96. The highest BCUT2D eigenvalue weighted by Crippen LogP contribution is 2.36. The number of nitrogens with two attached hydrogens (primary N) is 1. The van der Waals surface area contributed by atoms with Gasteiger partial charge in [-0.25, -0.2) is 0 Å². The molecule has 4 nitrogen and oxygen atoms in total. The normalized spacial score (nSPS) is 15.1. The summed E-state index contributed by atoms with van der Waals surface area (Å²) in [7, 11) is 0. The lowest BCUT2D eigenvalue weighted by Crippen LogP contribution is -2.26. The van der Waals surface area contributed by atoms with E-state index >= 15 is 0 Å². The van der Waals surface area contributed by atoms with Crippen LogP contribution in [-0.4, -0.2) is 22.2 Å². The minimum atomic E-state index is -4.59. The van der Waals surface area contributed by atoms with Crippen LogP contribution in [0.25, 0.3) is 0 Å². The number of primary amides is 1. The standard InChI is InChI=1S/C11H11BrF3NO3/c12-7-2-1-5(3-6(7)11(13,14)15)10(19)8(17)4-9(16)18/h1-3,8,10,17,19H,4H2,(H2,16,18). The van der Waals surface area contributed by atoms with Crippen molar-refractivity contribution in [3.63, 3.8) is 0 Å². The van der Waals surface area contributed by atoms with Crippen LogP contribution in [0, 0.1) is 0 Å². The maximum atomic E-state index is 12.7. The molecule has 0 radical (unpaired) electrons. The van der Waals surface area contributed by atoms with Gasteiger partial charge in [-0.05, 0) is 17.7 Å². The van der Waals surface area contributed by atoms with Gasteiger partial charge in [0.2, 0.25) is 5.91 Å². The Hall–Kier alpha value is -1.12. The van der Waals surface area contributed by atoms with Crippen LogP contribution in [0.4, 0.5) is 13.2 Å². The molecule has 0 bridgehead atoms. The van der Waals surface area contributed by atoms with E-state index in [0.29, 0.717) is 6.07 Å². The number of halogens is 4. The van der Waals surface area contributed by atoms with E-state index in [9.17, 15) is 28.2 Å². The van der Waals surface area contributed by atoms with E-state index in [4.69, 9.17) is 5.73 Å². The van der Waals surface area contributed by atoms with Crippen LogP contribution >= 0.6 is 15.9 Å². The molecule has 1 amide bonds. The summed E-state index contributed by atoms with van der Waals surface area (Å²) in [4.78, 5) is 10.6. The zero-order valence-corrected chi connectivity index (χ0v) is 11.1. The topological polar surface area (TPSA) is 83.6 Å². The Bertz CT molecular complexity index is 479. The highest BCUT2D eigenvalue weighted by Gasteiger charge is 2.34. The third-order valence-corrected chi connectivity index (χ3v) is 3.10. The largest absolute Gasteiger partial charge is 0.417 e. The zero-order valence-electron chi connectivity index (χ0n) is 9.49. The Labute approximate surface area is 115 Å². The van der Waals surface area contributed by atoms with Gasteiger partial charge in [0.1, 0.15) is 6.10 Å². The molecule has 0 aliphatic carbocycles.